The van der Waals surface area contributed by atoms with Crippen LogP contribution < -0.4 is 5.32 Å². The van der Waals surface area contributed by atoms with Gasteiger partial charge in [-0.1, -0.05) is 0 Å². The Balaban J connectivity index is 2.14. The Labute approximate surface area is 86.2 Å². The molecule has 1 rings (SSSR count). The molecule has 0 aromatic rings. The highest BCUT2D eigenvalue weighted by molar-refractivity contribution is 5.72. The minimum Gasteiger partial charge on any atom is -0.459 e. The summed E-state index contributed by atoms with van der Waals surface area (Å²) in [7, 11) is 0. The van der Waals surface area contributed by atoms with Gasteiger partial charge in [0.2, 0.25) is 0 Å². The molecule has 82 valence electrons. The highest BCUT2D eigenvalue weighted by atomic mass is 16.6. The SMILES string of the molecule is CC(NCC(=O)OC(C)(C)C)C1CC1. The molecule has 1 atom stereocenters. The fourth-order valence-electron chi connectivity index (χ4n) is 1.38. The Bertz CT molecular complexity index is 204. The molecule has 0 heterocycles. The van der Waals surface area contributed by atoms with Gasteiger partial charge in [0.05, 0.1) is 6.54 Å². The van der Waals surface area contributed by atoms with Gasteiger partial charge in [0, 0.05) is 6.04 Å². The third-order valence-electron chi connectivity index (χ3n) is 2.32. The van der Waals surface area contributed by atoms with Crippen molar-refractivity contribution < 1.29 is 9.53 Å². The minimum atomic E-state index is -0.373. The topological polar surface area (TPSA) is 38.3 Å². The van der Waals surface area contributed by atoms with E-state index in [1.165, 1.54) is 12.8 Å². The third kappa shape index (κ3) is 4.61. The number of ether oxygens (including phenoxy) is 1. The van der Waals surface area contributed by atoms with E-state index in [4.69, 9.17) is 4.74 Å². The van der Waals surface area contributed by atoms with E-state index in [-0.39, 0.29) is 11.6 Å². The number of rotatable bonds is 4. The summed E-state index contributed by atoms with van der Waals surface area (Å²) in [5, 5.41) is 3.19. The summed E-state index contributed by atoms with van der Waals surface area (Å²) < 4.78 is 5.19. The summed E-state index contributed by atoms with van der Waals surface area (Å²) >= 11 is 0. The first-order chi connectivity index (χ1) is 6.38. The largest absolute Gasteiger partial charge is 0.459 e. The zero-order valence-electron chi connectivity index (χ0n) is 9.59. The molecular formula is C11H21NO2. The van der Waals surface area contributed by atoms with E-state index in [0.717, 1.165) is 5.92 Å². The second-order valence-corrected chi connectivity index (χ2v) is 5.09. The molecule has 1 aliphatic rings. The number of nitrogens with one attached hydrogen (secondary N) is 1. The van der Waals surface area contributed by atoms with Gasteiger partial charge >= 0.3 is 5.97 Å². The molecule has 3 nitrogen and oxygen atoms in total. The number of hydrogen-bond donors (Lipinski definition) is 1. The van der Waals surface area contributed by atoms with Gasteiger partial charge in [0.1, 0.15) is 5.60 Å². The molecule has 0 aromatic carbocycles. The maximum absolute atomic E-state index is 11.3. The minimum absolute atomic E-state index is 0.162. The van der Waals surface area contributed by atoms with Gasteiger partial charge < -0.3 is 10.1 Å². The Morgan fingerprint density at radius 1 is 1.50 bits per heavy atom. The van der Waals surface area contributed by atoms with Crippen LogP contribution in [0.1, 0.15) is 40.5 Å². The first-order valence-corrected chi connectivity index (χ1v) is 5.34. The second kappa shape index (κ2) is 4.30. The van der Waals surface area contributed by atoms with E-state index in [2.05, 4.69) is 12.2 Å². The van der Waals surface area contributed by atoms with Crippen molar-refractivity contribution in [3.05, 3.63) is 0 Å². The van der Waals surface area contributed by atoms with Crippen molar-refractivity contribution in [2.75, 3.05) is 6.54 Å². The summed E-state index contributed by atoms with van der Waals surface area (Å²) in [6.45, 7) is 8.11. The molecular weight excluding hydrogens is 178 g/mol. The molecule has 0 spiro atoms. The van der Waals surface area contributed by atoms with E-state index in [0.29, 0.717) is 12.6 Å². The average molecular weight is 199 g/mol. The normalized spacial score (nSPS) is 19.1. The Kier molecular flexibility index (Phi) is 3.53. The predicted octanol–water partition coefficient (Wildman–Crippen LogP) is 1.72. The lowest BCUT2D eigenvalue weighted by atomic mass is 10.2. The molecule has 0 saturated heterocycles. The summed E-state index contributed by atoms with van der Waals surface area (Å²) in [5.74, 6) is 0.613. The fourth-order valence-corrected chi connectivity index (χ4v) is 1.38. The number of carbonyl (C=O) groups is 1. The lowest BCUT2D eigenvalue weighted by Gasteiger charge is -2.20. The van der Waals surface area contributed by atoms with Crippen LogP contribution in [-0.4, -0.2) is 24.2 Å². The molecule has 1 unspecified atom stereocenters. The van der Waals surface area contributed by atoms with Crippen LogP contribution in [0, 0.1) is 5.92 Å². The summed E-state index contributed by atoms with van der Waals surface area (Å²) in [4.78, 5) is 11.3. The van der Waals surface area contributed by atoms with E-state index in [9.17, 15) is 4.79 Å². The zero-order valence-corrected chi connectivity index (χ0v) is 9.59. The van der Waals surface area contributed by atoms with Gasteiger partial charge in [-0.3, -0.25) is 4.79 Å². The Morgan fingerprint density at radius 3 is 2.50 bits per heavy atom. The molecule has 1 N–H and O–H groups in total. The van der Waals surface area contributed by atoms with Crippen LogP contribution in [0.2, 0.25) is 0 Å². The molecule has 0 aromatic heterocycles. The van der Waals surface area contributed by atoms with Gasteiger partial charge in [-0.2, -0.15) is 0 Å². The highest BCUT2D eigenvalue weighted by Crippen LogP contribution is 2.32. The van der Waals surface area contributed by atoms with Crippen molar-refractivity contribution in [3.8, 4) is 0 Å². The van der Waals surface area contributed by atoms with E-state index >= 15 is 0 Å². The fraction of sp³-hybridized carbons (Fsp3) is 0.909. The standard InChI is InChI=1S/C11H21NO2/c1-8(9-5-6-9)12-7-10(13)14-11(2,3)4/h8-9,12H,5-7H2,1-4H3. The van der Waals surface area contributed by atoms with Crippen molar-refractivity contribution in [3.63, 3.8) is 0 Å². The molecule has 1 fully saturated rings. The van der Waals surface area contributed by atoms with Gasteiger partial charge in [-0.25, -0.2) is 0 Å². The van der Waals surface area contributed by atoms with Gasteiger partial charge in [0.15, 0.2) is 0 Å². The van der Waals surface area contributed by atoms with Crippen molar-refractivity contribution in [1.29, 1.82) is 0 Å². The lowest BCUT2D eigenvalue weighted by Crippen LogP contribution is -2.36. The molecule has 1 aliphatic carbocycles. The molecule has 0 radical (unpaired) electrons. The van der Waals surface area contributed by atoms with Crippen LogP contribution in [0.5, 0.6) is 0 Å². The molecule has 0 bridgehead atoms. The molecule has 0 aliphatic heterocycles. The summed E-state index contributed by atoms with van der Waals surface area (Å²) in [5.41, 5.74) is -0.373. The van der Waals surface area contributed by atoms with Crippen molar-refractivity contribution in [2.24, 2.45) is 5.92 Å². The van der Waals surface area contributed by atoms with Crippen LogP contribution in [0.3, 0.4) is 0 Å². The molecule has 3 heteroatoms. The van der Waals surface area contributed by atoms with Crippen LogP contribution in [0.15, 0.2) is 0 Å². The lowest BCUT2D eigenvalue weighted by molar-refractivity contribution is -0.153. The monoisotopic (exact) mass is 199 g/mol. The zero-order chi connectivity index (χ0) is 10.8. The third-order valence-corrected chi connectivity index (χ3v) is 2.32. The predicted molar refractivity (Wildman–Crippen MR) is 56.0 cm³/mol. The Morgan fingerprint density at radius 2 is 2.07 bits per heavy atom. The van der Waals surface area contributed by atoms with E-state index in [1.54, 1.807) is 0 Å². The van der Waals surface area contributed by atoms with Crippen LogP contribution >= 0.6 is 0 Å². The number of esters is 1. The Hall–Kier alpha value is -0.570. The molecule has 14 heavy (non-hydrogen) atoms. The van der Waals surface area contributed by atoms with E-state index < -0.39 is 0 Å². The molecule has 1 saturated carbocycles. The number of carbonyl (C=O) groups excluding carboxylic acids is 1. The van der Waals surface area contributed by atoms with Crippen LogP contribution in [0.25, 0.3) is 0 Å². The number of hydrogen-bond acceptors (Lipinski definition) is 3. The van der Waals surface area contributed by atoms with Gasteiger partial charge in [-0.15, -0.1) is 0 Å². The highest BCUT2D eigenvalue weighted by Gasteiger charge is 2.28. The van der Waals surface area contributed by atoms with Crippen molar-refractivity contribution in [2.45, 2.75) is 52.2 Å². The first kappa shape index (κ1) is 11.5. The summed E-state index contributed by atoms with van der Waals surface area (Å²) in [6.07, 6.45) is 2.59. The van der Waals surface area contributed by atoms with Crippen LogP contribution in [0.4, 0.5) is 0 Å². The van der Waals surface area contributed by atoms with E-state index in [1.807, 2.05) is 20.8 Å². The van der Waals surface area contributed by atoms with Crippen molar-refractivity contribution >= 4 is 5.97 Å². The quantitative estimate of drug-likeness (QED) is 0.701. The average Bonchev–Trinajstić information content (AvgIpc) is 2.78. The molecule has 0 amide bonds. The van der Waals surface area contributed by atoms with Crippen LogP contribution in [-0.2, 0) is 9.53 Å². The first-order valence-electron chi connectivity index (χ1n) is 5.34. The summed E-state index contributed by atoms with van der Waals surface area (Å²) in [6, 6.07) is 0.447. The second-order valence-electron chi connectivity index (χ2n) is 5.09. The van der Waals surface area contributed by atoms with Gasteiger partial charge in [0.25, 0.3) is 0 Å². The van der Waals surface area contributed by atoms with Gasteiger partial charge in [-0.05, 0) is 46.5 Å². The smallest absolute Gasteiger partial charge is 0.320 e. The maximum atomic E-state index is 11.3. The maximum Gasteiger partial charge on any atom is 0.320 e. The van der Waals surface area contributed by atoms with Crippen molar-refractivity contribution in [1.82, 2.24) is 5.32 Å².